The molecule has 0 bridgehead atoms. The summed E-state index contributed by atoms with van der Waals surface area (Å²) in [6.07, 6.45) is 0. The van der Waals surface area contributed by atoms with Crippen LogP contribution in [0.25, 0.3) is 0 Å². The van der Waals surface area contributed by atoms with Crippen molar-refractivity contribution in [2.45, 2.75) is 18.4 Å². The molecule has 0 aromatic heterocycles. The number of benzene rings is 4. The van der Waals surface area contributed by atoms with Gasteiger partial charge in [0.05, 0.1) is 27.4 Å². The molecule has 8 heteroatoms. The van der Waals surface area contributed by atoms with Gasteiger partial charge in [-0.05, 0) is 48.9 Å². The van der Waals surface area contributed by atoms with Gasteiger partial charge >= 0.3 is 0 Å². The van der Waals surface area contributed by atoms with E-state index in [0.717, 1.165) is 11.1 Å². The Bertz CT molecular complexity index is 1480. The normalized spacial score (nSPS) is 10.9. The molecule has 182 valence electrons. The Labute approximate surface area is 210 Å². The number of carbonyl (C=O) groups is 2. The van der Waals surface area contributed by atoms with Gasteiger partial charge in [0.2, 0.25) is 0 Å². The minimum Gasteiger partial charge on any atom is -0.348 e. The van der Waals surface area contributed by atoms with E-state index in [1.807, 2.05) is 37.3 Å². The molecule has 0 aliphatic rings. The lowest BCUT2D eigenvalue weighted by atomic mass is 10.1. The Kier molecular flexibility index (Phi) is 7.46. The fourth-order valence-electron chi connectivity index (χ4n) is 3.54. The molecule has 0 aliphatic carbocycles. The standard InChI is InChI=1S/C28H25N3O4S/c1-20-15-17-22(18-16-20)36(34,35)31-26-14-8-6-12-24(26)28(33)30-25-13-7-5-11-23(25)27(32)29-19-21-9-3-2-4-10-21/h2-18,31H,19H2,1H3,(H,29,32)(H,30,33). The zero-order chi connectivity index (χ0) is 25.5. The molecule has 0 atom stereocenters. The second-order valence-electron chi connectivity index (χ2n) is 8.13. The first-order valence-corrected chi connectivity index (χ1v) is 12.7. The maximum atomic E-state index is 13.2. The Hall–Kier alpha value is -4.43. The van der Waals surface area contributed by atoms with Crippen molar-refractivity contribution in [3.8, 4) is 0 Å². The molecule has 7 nitrogen and oxygen atoms in total. The van der Waals surface area contributed by atoms with E-state index in [4.69, 9.17) is 0 Å². The lowest BCUT2D eigenvalue weighted by Crippen LogP contribution is -2.25. The summed E-state index contributed by atoms with van der Waals surface area (Å²) in [5.41, 5.74) is 2.72. The van der Waals surface area contributed by atoms with E-state index in [9.17, 15) is 18.0 Å². The molecule has 36 heavy (non-hydrogen) atoms. The molecule has 0 spiro atoms. The summed E-state index contributed by atoms with van der Waals surface area (Å²) >= 11 is 0. The monoisotopic (exact) mass is 499 g/mol. The summed E-state index contributed by atoms with van der Waals surface area (Å²) in [5, 5.41) is 5.60. The SMILES string of the molecule is Cc1ccc(S(=O)(=O)Nc2ccccc2C(=O)Nc2ccccc2C(=O)NCc2ccccc2)cc1. The largest absolute Gasteiger partial charge is 0.348 e. The number of para-hydroxylation sites is 2. The fraction of sp³-hybridized carbons (Fsp3) is 0.0714. The number of sulfonamides is 1. The summed E-state index contributed by atoms with van der Waals surface area (Å²) in [5.74, 6) is -0.899. The quantitative estimate of drug-likeness (QED) is 0.318. The lowest BCUT2D eigenvalue weighted by Gasteiger charge is -2.15. The molecule has 0 saturated carbocycles. The minimum absolute atomic E-state index is 0.0868. The number of hydrogen-bond acceptors (Lipinski definition) is 4. The summed E-state index contributed by atoms with van der Waals surface area (Å²) in [6, 6.07) is 28.8. The van der Waals surface area contributed by atoms with E-state index < -0.39 is 15.9 Å². The van der Waals surface area contributed by atoms with Gasteiger partial charge in [0.25, 0.3) is 21.8 Å². The van der Waals surface area contributed by atoms with Gasteiger partial charge in [-0.1, -0.05) is 72.3 Å². The van der Waals surface area contributed by atoms with Gasteiger partial charge in [0.15, 0.2) is 0 Å². The Morgan fingerprint density at radius 2 is 1.22 bits per heavy atom. The van der Waals surface area contributed by atoms with E-state index >= 15 is 0 Å². The molecular formula is C28H25N3O4S. The smallest absolute Gasteiger partial charge is 0.261 e. The highest BCUT2D eigenvalue weighted by Gasteiger charge is 2.20. The van der Waals surface area contributed by atoms with E-state index in [1.165, 1.54) is 24.3 Å². The number of hydrogen-bond donors (Lipinski definition) is 3. The maximum Gasteiger partial charge on any atom is 0.261 e. The van der Waals surface area contributed by atoms with Gasteiger partial charge in [-0.25, -0.2) is 8.42 Å². The highest BCUT2D eigenvalue weighted by Crippen LogP contribution is 2.23. The van der Waals surface area contributed by atoms with Crippen molar-refractivity contribution in [1.82, 2.24) is 5.32 Å². The number of aryl methyl sites for hydroxylation is 1. The third-order valence-electron chi connectivity index (χ3n) is 5.46. The minimum atomic E-state index is -3.91. The van der Waals surface area contributed by atoms with Crippen molar-refractivity contribution in [1.29, 1.82) is 0 Å². The van der Waals surface area contributed by atoms with Crippen molar-refractivity contribution in [3.63, 3.8) is 0 Å². The van der Waals surface area contributed by atoms with Crippen LogP contribution in [0.2, 0.25) is 0 Å². The molecule has 4 rings (SSSR count). The van der Waals surface area contributed by atoms with Gasteiger partial charge < -0.3 is 10.6 Å². The molecule has 0 heterocycles. The molecule has 0 aliphatic heterocycles. The van der Waals surface area contributed by atoms with Gasteiger partial charge in [0, 0.05) is 6.54 Å². The molecule has 4 aromatic rings. The van der Waals surface area contributed by atoms with Crippen molar-refractivity contribution >= 4 is 33.2 Å². The van der Waals surface area contributed by atoms with Crippen LogP contribution in [0.15, 0.2) is 108 Å². The fourth-order valence-corrected chi connectivity index (χ4v) is 4.62. The summed E-state index contributed by atoms with van der Waals surface area (Å²) < 4.78 is 28.3. The molecule has 0 saturated heterocycles. The number of rotatable bonds is 8. The van der Waals surface area contributed by atoms with E-state index in [1.54, 1.807) is 48.5 Å². The zero-order valence-electron chi connectivity index (χ0n) is 19.6. The van der Waals surface area contributed by atoms with Crippen molar-refractivity contribution in [2.75, 3.05) is 10.0 Å². The van der Waals surface area contributed by atoms with Crippen molar-refractivity contribution in [2.24, 2.45) is 0 Å². The molecule has 0 fully saturated rings. The van der Waals surface area contributed by atoms with Crippen LogP contribution in [-0.4, -0.2) is 20.2 Å². The highest BCUT2D eigenvalue weighted by atomic mass is 32.2. The first kappa shape index (κ1) is 24.7. The molecule has 0 radical (unpaired) electrons. The third-order valence-corrected chi connectivity index (χ3v) is 6.84. The van der Waals surface area contributed by atoms with E-state index in [-0.39, 0.29) is 22.1 Å². The van der Waals surface area contributed by atoms with Gasteiger partial charge in [0.1, 0.15) is 0 Å². The average Bonchev–Trinajstić information content (AvgIpc) is 2.88. The van der Waals surface area contributed by atoms with Gasteiger partial charge in [-0.2, -0.15) is 0 Å². The van der Waals surface area contributed by atoms with Crippen LogP contribution in [0.3, 0.4) is 0 Å². The number of amides is 2. The van der Waals surface area contributed by atoms with Crippen LogP contribution in [0.1, 0.15) is 31.8 Å². The molecule has 4 aromatic carbocycles. The van der Waals surface area contributed by atoms with Crippen LogP contribution in [0.5, 0.6) is 0 Å². The predicted molar refractivity (Wildman–Crippen MR) is 140 cm³/mol. The van der Waals surface area contributed by atoms with Crippen LogP contribution >= 0.6 is 0 Å². The Balaban J connectivity index is 1.53. The van der Waals surface area contributed by atoms with Crippen LogP contribution in [-0.2, 0) is 16.6 Å². The van der Waals surface area contributed by atoms with Gasteiger partial charge in [-0.15, -0.1) is 0 Å². The lowest BCUT2D eigenvalue weighted by molar-refractivity contribution is 0.0951. The molecular weight excluding hydrogens is 474 g/mol. The molecule has 3 N–H and O–H groups in total. The third kappa shape index (κ3) is 5.97. The first-order chi connectivity index (χ1) is 17.3. The second-order valence-corrected chi connectivity index (χ2v) is 9.81. The van der Waals surface area contributed by atoms with Crippen molar-refractivity contribution < 1.29 is 18.0 Å². The zero-order valence-corrected chi connectivity index (χ0v) is 20.4. The molecule has 0 unspecified atom stereocenters. The first-order valence-electron chi connectivity index (χ1n) is 11.2. The Morgan fingerprint density at radius 3 is 1.89 bits per heavy atom. The number of nitrogens with one attached hydrogen (secondary N) is 3. The van der Waals surface area contributed by atoms with Crippen LogP contribution < -0.4 is 15.4 Å². The van der Waals surface area contributed by atoms with Crippen LogP contribution in [0.4, 0.5) is 11.4 Å². The van der Waals surface area contributed by atoms with E-state index in [0.29, 0.717) is 17.8 Å². The second kappa shape index (κ2) is 10.9. The van der Waals surface area contributed by atoms with Crippen LogP contribution in [0, 0.1) is 6.92 Å². The van der Waals surface area contributed by atoms with E-state index in [2.05, 4.69) is 15.4 Å². The average molecular weight is 500 g/mol. The summed E-state index contributed by atoms with van der Waals surface area (Å²) in [4.78, 5) is 26.1. The highest BCUT2D eigenvalue weighted by molar-refractivity contribution is 7.92. The number of anilines is 2. The topological polar surface area (TPSA) is 104 Å². The summed E-state index contributed by atoms with van der Waals surface area (Å²) in [7, 11) is -3.91. The summed E-state index contributed by atoms with van der Waals surface area (Å²) in [6.45, 7) is 2.20. The van der Waals surface area contributed by atoms with Crippen molar-refractivity contribution in [3.05, 3.63) is 125 Å². The molecule has 2 amide bonds. The Morgan fingerprint density at radius 1 is 0.667 bits per heavy atom. The van der Waals surface area contributed by atoms with Gasteiger partial charge in [-0.3, -0.25) is 14.3 Å². The maximum absolute atomic E-state index is 13.2. The predicted octanol–water partition coefficient (Wildman–Crippen LogP) is 4.98. The number of carbonyl (C=O) groups excluding carboxylic acids is 2.